The van der Waals surface area contributed by atoms with Crippen molar-refractivity contribution in [2.24, 2.45) is 0 Å². The number of benzene rings is 2. The molecule has 0 aliphatic carbocycles. The number of hydrogen-bond donors (Lipinski definition) is 1. The molecular formula is C28H39Cl2N3O5S. The van der Waals surface area contributed by atoms with Gasteiger partial charge in [0.25, 0.3) is 0 Å². The Morgan fingerprint density at radius 2 is 1.62 bits per heavy atom. The number of halogens is 2. The smallest absolute Gasteiger partial charge is 0.243 e. The molecule has 0 aliphatic heterocycles. The Balaban J connectivity index is 2.28. The fraction of sp³-hybridized carbons (Fsp3) is 0.500. The third kappa shape index (κ3) is 9.89. The molecule has 0 bridgehead atoms. The van der Waals surface area contributed by atoms with Crippen LogP contribution in [0.3, 0.4) is 0 Å². The lowest BCUT2D eigenvalue weighted by molar-refractivity contribution is -0.142. The third-order valence-electron chi connectivity index (χ3n) is 5.86. The molecule has 0 spiro atoms. The zero-order valence-electron chi connectivity index (χ0n) is 23.5. The van der Waals surface area contributed by atoms with E-state index in [0.717, 1.165) is 6.26 Å². The second kappa shape index (κ2) is 14.2. The monoisotopic (exact) mass is 599 g/mol. The highest BCUT2D eigenvalue weighted by Crippen LogP contribution is 2.28. The van der Waals surface area contributed by atoms with Gasteiger partial charge in [-0.3, -0.25) is 13.9 Å². The summed E-state index contributed by atoms with van der Waals surface area (Å²) in [6, 6.07) is 11.1. The molecule has 2 aromatic rings. The molecule has 216 valence electrons. The van der Waals surface area contributed by atoms with E-state index in [1.807, 2.05) is 34.6 Å². The molecule has 1 unspecified atom stereocenters. The van der Waals surface area contributed by atoms with E-state index in [4.69, 9.17) is 27.9 Å². The summed E-state index contributed by atoms with van der Waals surface area (Å²) in [5.74, 6) is 0.0496. The molecule has 0 saturated carbocycles. The van der Waals surface area contributed by atoms with Crippen LogP contribution in [0.5, 0.6) is 5.75 Å². The van der Waals surface area contributed by atoms with Gasteiger partial charge < -0.3 is 15.0 Å². The van der Waals surface area contributed by atoms with Gasteiger partial charge in [-0.15, -0.1) is 0 Å². The minimum Gasteiger partial charge on any atom is -0.494 e. The van der Waals surface area contributed by atoms with Crippen molar-refractivity contribution in [3.8, 4) is 5.75 Å². The molecule has 2 amide bonds. The zero-order valence-corrected chi connectivity index (χ0v) is 25.8. The number of hydrogen-bond acceptors (Lipinski definition) is 5. The molecule has 8 nitrogen and oxygen atoms in total. The molecule has 2 aromatic carbocycles. The van der Waals surface area contributed by atoms with Crippen LogP contribution in [0.2, 0.25) is 10.0 Å². The lowest BCUT2D eigenvalue weighted by atomic mass is 10.0. The summed E-state index contributed by atoms with van der Waals surface area (Å²) in [6.45, 7) is 9.94. The van der Waals surface area contributed by atoms with Crippen molar-refractivity contribution in [3.63, 3.8) is 0 Å². The topological polar surface area (TPSA) is 96.0 Å². The lowest BCUT2D eigenvalue weighted by Gasteiger charge is -2.33. The normalized spacial score (nSPS) is 12.5. The summed E-state index contributed by atoms with van der Waals surface area (Å²) in [7, 11) is -3.61. The number of carbonyl (C=O) groups excluding carboxylic acids is 2. The Morgan fingerprint density at radius 3 is 2.10 bits per heavy atom. The van der Waals surface area contributed by atoms with Gasteiger partial charge in [0, 0.05) is 40.7 Å². The van der Waals surface area contributed by atoms with Crippen LogP contribution < -0.4 is 14.4 Å². The summed E-state index contributed by atoms with van der Waals surface area (Å²) in [6.07, 6.45) is 1.76. The fourth-order valence-electron chi connectivity index (χ4n) is 4.11. The Labute approximate surface area is 242 Å². The van der Waals surface area contributed by atoms with Crippen LogP contribution >= 0.6 is 23.2 Å². The first-order valence-corrected chi connectivity index (χ1v) is 15.5. The minimum atomic E-state index is -3.61. The number of nitrogens with zero attached hydrogens (tertiary/aromatic N) is 2. The second-order valence-corrected chi connectivity index (χ2v) is 13.0. The molecule has 11 heteroatoms. The van der Waals surface area contributed by atoms with Gasteiger partial charge in [0.05, 0.1) is 18.6 Å². The standard InChI is InChI=1S/C28H39Cl2N3O5S/c1-7-25(27(35)31-28(3,4)5)32(19-22-23(29)11-9-12-24(22)30)26(34)13-10-18-33(39(6,36)37)20-14-16-21(17-15-20)38-8-2/h9,11-12,14-17,25H,7-8,10,13,18-19H2,1-6H3,(H,31,35). The van der Waals surface area contributed by atoms with Gasteiger partial charge in [0.2, 0.25) is 21.8 Å². The van der Waals surface area contributed by atoms with Crippen molar-refractivity contribution in [1.82, 2.24) is 10.2 Å². The van der Waals surface area contributed by atoms with E-state index < -0.39 is 21.6 Å². The molecule has 1 N–H and O–H groups in total. The second-order valence-electron chi connectivity index (χ2n) is 10.3. The molecule has 1 atom stereocenters. The molecule has 39 heavy (non-hydrogen) atoms. The van der Waals surface area contributed by atoms with E-state index in [9.17, 15) is 18.0 Å². The summed E-state index contributed by atoms with van der Waals surface area (Å²) in [4.78, 5) is 28.3. The third-order valence-corrected chi connectivity index (χ3v) is 7.76. The van der Waals surface area contributed by atoms with Gasteiger partial charge in [-0.2, -0.15) is 0 Å². The van der Waals surface area contributed by atoms with E-state index in [2.05, 4.69) is 5.32 Å². The highest BCUT2D eigenvalue weighted by atomic mass is 35.5. The summed E-state index contributed by atoms with van der Waals surface area (Å²) < 4.78 is 31.8. The largest absolute Gasteiger partial charge is 0.494 e. The molecular weight excluding hydrogens is 561 g/mol. The van der Waals surface area contributed by atoms with Gasteiger partial charge in [-0.05, 0) is 76.9 Å². The van der Waals surface area contributed by atoms with E-state index in [0.29, 0.717) is 40.1 Å². The van der Waals surface area contributed by atoms with E-state index in [1.54, 1.807) is 42.5 Å². The highest BCUT2D eigenvalue weighted by Gasteiger charge is 2.31. The number of rotatable bonds is 13. The van der Waals surface area contributed by atoms with E-state index >= 15 is 0 Å². The maximum Gasteiger partial charge on any atom is 0.243 e. The quantitative estimate of drug-likeness (QED) is 0.320. The van der Waals surface area contributed by atoms with Crippen LogP contribution in [0.4, 0.5) is 5.69 Å². The predicted octanol–water partition coefficient (Wildman–Crippen LogP) is 5.66. The van der Waals surface area contributed by atoms with Crippen molar-refractivity contribution >= 4 is 50.7 Å². The number of sulfonamides is 1. The first-order chi connectivity index (χ1) is 18.2. The van der Waals surface area contributed by atoms with Gasteiger partial charge >= 0.3 is 0 Å². The summed E-state index contributed by atoms with van der Waals surface area (Å²) in [5, 5.41) is 3.74. The molecule has 0 saturated heterocycles. The van der Waals surface area contributed by atoms with Crippen LogP contribution in [0.15, 0.2) is 42.5 Å². The van der Waals surface area contributed by atoms with E-state index in [1.165, 1.54) is 9.21 Å². The van der Waals surface area contributed by atoms with Crippen LogP contribution in [0, 0.1) is 0 Å². The van der Waals surface area contributed by atoms with Gasteiger partial charge in [0.15, 0.2) is 0 Å². The molecule has 0 fully saturated rings. The average molecular weight is 601 g/mol. The first kappa shape index (κ1) is 32.7. The van der Waals surface area contributed by atoms with Gasteiger partial charge in [0.1, 0.15) is 11.8 Å². The Morgan fingerprint density at radius 1 is 1.03 bits per heavy atom. The zero-order chi connectivity index (χ0) is 29.4. The van der Waals surface area contributed by atoms with Crippen LogP contribution in [0.1, 0.15) is 59.4 Å². The number of ether oxygens (including phenoxy) is 1. The minimum absolute atomic E-state index is 0.0183. The molecule has 0 aliphatic rings. The number of anilines is 1. The maximum absolute atomic E-state index is 13.6. The van der Waals surface area contributed by atoms with Gasteiger partial charge in [-0.1, -0.05) is 36.2 Å². The molecule has 0 radical (unpaired) electrons. The number of nitrogens with one attached hydrogen (secondary N) is 1. The van der Waals surface area contributed by atoms with Crippen molar-refractivity contribution in [2.75, 3.05) is 23.7 Å². The molecule has 0 heterocycles. The molecule has 0 aromatic heterocycles. The molecule has 2 rings (SSSR count). The predicted molar refractivity (Wildman–Crippen MR) is 158 cm³/mol. The van der Waals surface area contributed by atoms with Crippen LogP contribution in [-0.2, 0) is 26.2 Å². The summed E-state index contributed by atoms with van der Waals surface area (Å²) >= 11 is 12.8. The Bertz CT molecular complexity index is 1210. The van der Waals surface area contributed by atoms with Crippen molar-refractivity contribution in [3.05, 3.63) is 58.1 Å². The fourth-order valence-corrected chi connectivity index (χ4v) is 5.59. The number of amides is 2. The average Bonchev–Trinajstić information content (AvgIpc) is 2.82. The first-order valence-electron chi connectivity index (χ1n) is 12.9. The Hall–Kier alpha value is -2.49. The van der Waals surface area contributed by atoms with Crippen LogP contribution in [0.25, 0.3) is 0 Å². The van der Waals surface area contributed by atoms with Crippen molar-refractivity contribution < 1.29 is 22.7 Å². The summed E-state index contributed by atoms with van der Waals surface area (Å²) in [5.41, 5.74) is 0.530. The Kier molecular flexibility index (Phi) is 11.9. The van der Waals surface area contributed by atoms with Crippen molar-refractivity contribution in [1.29, 1.82) is 0 Å². The van der Waals surface area contributed by atoms with Crippen LogP contribution in [-0.4, -0.2) is 56.1 Å². The highest BCUT2D eigenvalue weighted by molar-refractivity contribution is 7.92. The van der Waals surface area contributed by atoms with Gasteiger partial charge in [-0.25, -0.2) is 8.42 Å². The lowest BCUT2D eigenvalue weighted by Crippen LogP contribution is -2.53. The van der Waals surface area contributed by atoms with Crippen molar-refractivity contribution in [2.45, 2.75) is 72.0 Å². The SMILES string of the molecule is CCOc1ccc(N(CCCC(=O)N(Cc2c(Cl)cccc2Cl)C(CC)C(=O)NC(C)(C)C)S(C)(=O)=O)cc1. The van der Waals surface area contributed by atoms with E-state index in [-0.39, 0.29) is 37.7 Å². The number of carbonyl (C=O) groups is 2. The maximum atomic E-state index is 13.6.